The molecule has 0 saturated heterocycles. The number of hydrogen-bond acceptors (Lipinski definition) is 2. The minimum Gasteiger partial charge on any atom is -0.334 e. The van der Waals surface area contributed by atoms with Crippen molar-refractivity contribution < 1.29 is 13.6 Å². The van der Waals surface area contributed by atoms with Gasteiger partial charge in [0.15, 0.2) is 0 Å². The summed E-state index contributed by atoms with van der Waals surface area (Å²) in [5.41, 5.74) is 5.04. The van der Waals surface area contributed by atoms with Crippen molar-refractivity contribution in [3.05, 3.63) is 137 Å². The molecule has 8 heteroatoms. The summed E-state index contributed by atoms with van der Waals surface area (Å²) in [6.07, 6.45) is 1.96. The largest absolute Gasteiger partial charge is 0.334 e. The molecule has 0 spiro atoms. The van der Waals surface area contributed by atoms with Gasteiger partial charge in [0.2, 0.25) is 0 Å². The second kappa shape index (κ2) is 9.63. The van der Waals surface area contributed by atoms with E-state index < -0.39 is 6.04 Å². The number of urea groups is 1. The van der Waals surface area contributed by atoms with Gasteiger partial charge in [-0.25, -0.2) is 18.3 Å². The zero-order chi connectivity index (χ0) is 26.2. The van der Waals surface area contributed by atoms with Crippen LogP contribution >= 0.6 is 0 Å². The van der Waals surface area contributed by atoms with Crippen molar-refractivity contribution in [2.75, 3.05) is 0 Å². The molecule has 0 bridgehead atoms. The zero-order valence-corrected chi connectivity index (χ0v) is 20.7. The summed E-state index contributed by atoms with van der Waals surface area (Å²) in [5.74, 6) is 0.182. The summed E-state index contributed by atoms with van der Waals surface area (Å²) in [6.45, 7) is 2.46. The van der Waals surface area contributed by atoms with Crippen molar-refractivity contribution >= 4 is 6.03 Å². The van der Waals surface area contributed by atoms with Crippen molar-refractivity contribution in [2.24, 2.45) is 0 Å². The minimum atomic E-state index is -0.491. The van der Waals surface area contributed by atoms with Crippen molar-refractivity contribution in [1.82, 2.24) is 24.6 Å². The second-order valence-corrected chi connectivity index (χ2v) is 9.31. The van der Waals surface area contributed by atoms with Gasteiger partial charge in [-0.15, -0.1) is 0 Å². The highest BCUT2D eigenvalue weighted by molar-refractivity contribution is 5.76. The highest BCUT2D eigenvalue weighted by Crippen LogP contribution is 2.38. The summed E-state index contributed by atoms with van der Waals surface area (Å²) >= 11 is 0. The van der Waals surface area contributed by atoms with E-state index >= 15 is 0 Å². The first-order valence-corrected chi connectivity index (χ1v) is 12.4. The molecule has 1 atom stereocenters. The Morgan fingerprint density at radius 3 is 2.32 bits per heavy atom. The summed E-state index contributed by atoms with van der Waals surface area (Å²) in [5, 5.41) is 7.83. The van der Waals surface area contributed by atoms with E-state index in [0.717, 1.165) is 39.6 Å². The molecule has 2 aromatic heterocycles. The number of aromatic nitrogens is 3. The fraction of sp³-hybridized carbons (Fsp3) is 0.133. The fourth-order valence-electron chi connectivity index (χ4n) is 5.03. The molecule has 2 amide bonds. The summed E-state index contributed by atoms with van der Waals surface area (Å²) in [7, 11) is 0. The topological polar surface area (TPSA) is 55.1 Å². The van der Waals surface area contributed by atoms with Crippen molar-refractivity contribution in [2.45, 2.75) is 26.1 Å². The number of nitrogens with one attached hydrogen (secondary N) is 1. The van der Waals surface area contributed by atoms with Crippen LogP contribution in [-0.2, 0) is 13.1 Å². The van der Waals surface area contributed by atoms with Crippen LogP contribution in [0.4, 0.5) is 13.6 Å². The van der Waals surface area contributed by atoms with Crippen LogP contribution in [0.5, 0.6) is 0 Å². The van der Waals surface area contributed by atoms with Crippen LogP contribution in [0.1, 0.15) is 34.1 Å². The normalized spacial score (nSPS) is 14.5. The lowest BCUT2D eigenvalue weighted by molar-refractivity contribution is 0.180. The third-order valence-electron chi connectivity index (χ3n) is 6.89. The average Bonchev–Trinajstić information content (AvgIpc) is 3.50. The smallest absolute Gasteiger partial charge is 0.318 e. The Morgan fingerprint density at radius 2 is 1.61 bits per heavy atom. The van der Waals surface area contributed by atoms with Gasteiger partial charge in [-0.2, -0.15) is 5.10 Å². The van der Waals surface area contributed by atoms with Gasteiger partial charge in [0.1, 0.15) is 17.5 Å². The molecule has 6 rings (SSSR count). The summed E-state index contributed by atoms with van der Waals surface area (Å²) in [4.78, 5) is 15.6. The molecule has 1 N–H and O–H groups in total. The van der Waals surface area contributed by atoms with Gasteiger partial charge in [-0.1, -0.05) is 42.5 Å². The molecule has 190 valence electrons. The Kier molecular flexibility index (Phi) is 5.99. The molecule has 0 aliphatic carbocycles. The summed E-state index contributed by atoms with van der Waals surface area (Å²) in [6, 6.07) is 25.3. The lowest BCUT2D eigenvalue weighted by atomic mass is 10.0. The monoisotopic (exact) mass is 509 g/mol. The molecular weight excluding hydrogens is 484 g/mol. The maximum atomic E-state index is 13.9. The van der Waals surface area contributed by atoms with Crippen molar-refractivity contribution in [1.29, 1.82) is 0 Å². The third-order valence-corrected chi connectivity index (χ3v) is 6.89. The average molecular weight is 510 g/mol. The van der Waals surface area contributed by atoms with E-state index in [4.69, 9.17) is 5.10 Å². The van der Waals surface area contributed by atoms with E-state index in [9.17, 15) is 13.6 Å². The molecule has 3 aromatic carbocycles. The van der Waals surface area contributed by atoms with Gasteiger partial charge in [0, 0.05) is 18.3 Å². The number of carbonyl (C=O) groups excluding carboxylic acids is 1. The van der Waals surface area contributed by atoms with Gasteiger partial charge >= 0.3 is 6.03 Å². The third kappa shape index (κ3) is 4.24. The number of nitrogens with zero attached hydrogens (tertiary/aromatic N) is 4. The predicted octanol–water partition coefficient (Wildman–Crippen LogP) is 6.06. The maximum absolute atomic E-state index is 13.9. The van der Waals surface area contributed by atoms with E-state index in [0.29, 0.717) is 0 Å². The number of benzene rings is 3. The maximum Gasteiger partial charge on any atom is 0.318 e. The zero-order valence-electron chi connectivity index (χ0n) is 20.7. The van der Waals surface area contributed by atoms with E-state index in [-0.39, 0.29) is 30.8 Å². The number of hydrogen-bond donors (Lipinski definition) is 1. The van der Waals surface area contributed by atoms with Crippen LogP contribution in [0.3, 0.4) is 0 Å². The Labute approximate surface area is 218 Å². The SMILES string of the molecule is Cc1nn(-c2ccccc2)c2c1CN(C(=O)NCc1ccc(F)cc1)[C@@H](c1ccc(F)cc1)c1cccn1-2. The molecule has 1 aliphatic rings. The van der Waals surface area contributed by atoms with Gasteiger partial charge in [0.05, 0.1) is 29.7 Å². The molecule has 0 fully saturated rings. The number of aryl methyl sites for hydroxylation is 1. The van der Waals surface area contributed by atoms with Crippen molar-refractivity contribution in [3.8, 4) is 11.5 Å². The standard InChI is InChI=1S/C30H25F2N5O/c1-20-26-19-36(30(38)33-18-21-9-13-23(31)14-10-21)28(22-11-15-24(32)16-12-22)27-8-5-17-35(27)29(26)37(34-20)25-6-3-2-4-7-25/h2-17,28H,18-19H2,1H3,(H,33,38)/t28-/m0/s1. The van der Waals surface area contributed by atoms with Gasteiger partial charge in [-0.3, -0.25) is 0 Å². The number of amides is 2. The molecular formula is C30H25F2N5O. The number of rotatable bonds is 4. The van der Waals surface area contributed by atoms with Crippen LogP contribution in [0.2, 0.25) is 0 Å². The molecule has 0 radical (unpaired) electrons. The second-order valence-electron chi connectivity index (χ2n) is 9.31. The van der Waals surface area contributed by atoms with Gasteiger partial charge < -0.3 is 14.8 Å². The molecule has 1 aliphatic heterocycles. The lowest BCUT2D eigenvalue weighted by Gasteiger charge is -2.31. The van der Waals surface area contributed by atoms with E-state index in [1.807, 2.05) is 60.3 Å². The number of carbonyl (C=O) groups is 1. The predicted molar refractivity (Wildman–Crippen MR) is 140 cm³/mol. The molecule has 3 heterocycles. The molecule has 0 unspecified atom stereocenters. The Hall–Kier alpha value is -4.72. The number of fused-ring (bicyclic) bond motifs is 3. The fourth-order valence-corrected chi connectivity index (χ4v) is 5.03. The van der Waals surface area contributed by atoms with Crippen LogP contribution in [0.15, 0.2) is 97.2 Å². The van der Waals surface area contributed by atoms with E-state index in [1.54, 1.807) is 29.2 Å². The molecule has 0 saturated carbocycles. The first-order chi connectivity index (χ1) is 18.5. The quantitative estimate of drug-likeness (QED) is 0.320. The highest BCUT2D eigenvalue weighted by atomic mass is 19.1. The van der Waals surface area contributed by atoms with Crippen LogP contribution < -0.4 is 5.32 Å². The van der Waals surface area contributed by atoms with Gasteiger partial charge in [0.25, 0.3) is 0 Å². The Balaban J connectivity index is 1.47. The number of para-hydroxylation sites is 1. The van der Waals surface area contributed by atoms with Crippen LogP contribution in [0, 0.1) is 18.6 Å². The Morgan fingerprint density at radius 1 is 0.921 bits per heavy atom. The molecule has 6 nitrogen and oxygen atoms in total. The first kappa shape index (κ1) is 23.7. The Bertz CT molecular complexity index is 1590. The minimum absolute atomic E-state index is 0.238. The summed E-state index contributed by atoms with van der Waals surface area (Å²) < 4.78 is 31.2. The van der Waals surface area contributed by atoms with Gasteiger partial charge in [-0.05, 0) is 66.6 Å². The lowest BCUT2D eigenvalue weighted by Crippen LogP contribution is -2.41. The number of halogens is 2. The molecule has 38 heavy (non-hydrogen) atoms. The molecule has 5 aromatic rings. The van der Waals surface area contributed by atoms with Crippen molar-refractivity contribution in [3.63, 3.8) is 0 Å². The van der Waals surface area contributed by atoms with E-state index in [1.165, 1.54) is 24.3 Å². The van der Waals surface area contributed by atoms with Crippen LogP contribution in [-0.4, -0.2) is 25.3 Å². The highest BCUT2D eigenvalue weighted by Gasteiger charge is 2.35. The van der Waals surface area contributed by atoms with E-state index in [2.05, 4.69) is 9.88 Å². The van der Waals surface area contributed by atoms with Crippen LogP contribution in [0.25, 0.3) is 11.5 Å². The first-order valence-electron chi connectivity index (χ1n) is 12.4.